The summed E-state index contributed by atoms with van der Waals surface area (Å²) in [5.74, 6) is 0.215. The summed E-state index contributed by atoms with van der Waals surface area (Å²) in [5.41, 5.74) is 0. The molecule has 0 heterocycles. The van der Waals surface area contributed by atoms with Crippen LogP contribution in [0.4, 0.5) is 0 Å². The van der Waals surface area contributed by atoms with Crippen molar-refractivity contribution >= 4 is 5.97 Å². The molecule has 0 amide bonds. The standard InChI is InChI=1S/C17H32O2/c1-3-16(2)14-12-10-8-6-4-5-7-9-11-13-15-17(18)19/h5,7,16H,3-4,6,8-15H2,1-2H3,(H,18,19). The van der Waals surface area contributed by atoms with Crippen LogP contribution in [0.1, 0.15) is 84.5 Å². The van der Waals surface area contributed by atoms with Crippen molar-refractivity contribution in [3.05, 3.63) is 12.2 Å². The number of hydrogen-bond acceptors (Lipinski definition) is 1. The Hall–Kier alpha value is -0.790. The highest BCUT2D eigenvalue weighted by Gasteiger charge is 1.97. The number of allylic oxidation sites excluding steroid dienone is 2. The number of rotatable bonds is 13. The van der Waals surface area contributed by atoms with E-state index in [0.717, 1.165) is 25.2 Å². The molecule has 0 aromatic heterocycles. The number of carboxylic acids is 1. The van der Waals surface area contributed by atoms with Crippen LogP contribution >= 0.6 is 0 Å². The van der Waals surface area contributed by atoms with E-state index in [1.54, 1.807) is 0 Å². The summed E-state index contributed by atoms with van der Waals surface area (Å²) in [6, 6.07) is 0. The third-order valence-corrected chi connectivity index (χ3v) is 3.69. The molecule has 1 atom stereocenters. The van der Waals surface area contributed by atoms with Gasteiger partial charge in [-0.3, -0.25) is 4.79 Å². The highest BCUT2D eigenvalue weighted by molar-refractivity contribution is 5.66. The van der Waals surface area contributed by atoms with Gasteiger partial charge in [0.2, 0.25) is 0 Å². The number of aliphatic carboxylic acids is 1. The predicted molar refractivity (Wildman–Crippen MR) is 82.4 cm³/mol. The molecule has 0 spiro atoms. The van der Waals surface area contributed by atoms with Gasteiger partial charge in [0.15, 0.2) is 0 Å². The normalized spacial score (nSPS) is 12.9. The first kappa shape index (κ1) is 18.2. The Bertz CT molecular complexity index is 233. The molecule has 0 bridgehead atoms. The fourth-order valence-corrected chi connectivity index (χ4v) is 2.09. The zero-order valence-electron chi connectivity index (χ0n) is 12.9. The van der Waals surface area contributed by atoms with Crippen LogP contribution in [0.25, 0.3) is 0 Å². The van der Waals surface area contributed by atoms with E-state index in [1.807, 2.05) is 0 Å². The first-order valence-corrected chi connectivity index (χ1v) is 8.03. The van der Waals surface area contributed by atoms with Gasteiger partial charge in [-0.1, -0.05) is 58.1 Å². The smallest absolute Gasteiger partial charge is 0.303 e. The molecular formula is C17H32O2. The average Bonchev–Trinajstić information content (AvgIpc) is 2.39. The Kier molecular flexibility index (Phi) is 13.1. The topological polar surface area (TPSA) is 37.3 Å². The molecule has 0 aromatic rings. The third-order valence-electron chi connectivity index (χ3n) is 3.69. The maximum atomic E-state index is 10.3. The van der Waals surface area contributed by atoms with Crippen LogP contribution in [0.5, 0.6) is 0 Å². The van der Waals surface area contributed by atoms with Gasteiger partial charge in [-0.25, -0.2) is 0 Å². The maximum Gasteiger partial charge on any atom is 0.303 e. The molecule has 112 valence electrons. The fourth-order valence-electron chi connectivity index (χ4n) is 2.09. The van der Waals surface area contributed by atoms with Gasteiger partial charge in [-0.05, 0) is 38.0 Å². The molecule has 19 heavy (non-hydrogen) atoms. The van der Waals surface area contributed by atoms with Crippen LogP contribution in [-0.2, 0) is 4.79 Å². The lowest BCUT2D eigenvalue weighted by Crippen LogP contribution is -1.92. The summed E-state index contributed by atoms with van der Waals surface area (Å²) in [7, 11) is 0. The van der Waals surface area contributed by atoms with Gasteiger partial charge in [-0.15, -0.1) is 0 Å². The van der Waals surface area contributed by atoms with Crippen molar-refractivity contribution < 1.29 is 9.90 Å². The maximum absolute atomic E-state index is 10.3. The molecule has 0 aliphatic carbocycles. The van der Waals surface area contributed by atoms with E-state index in [2.05, 4.69) is 26.0 Å². The van der Waals surface area contributed by atoms with Gasteiger partial charge in [0.1, 0.15) is 0 Å². The van der Waals surface area contributed by atoms with E-state index in [4.69, 9.17) is 5.11 Å². The molecule has 2 nitrogen and oxygen atoms in total. The van der Waals surface area contributed by atoms with Gasteiger partial charge >= 0.3 is 5.97 Å². The van der Waals surface area contributed by atoms with Gasteiger partial charge in [0.05, 0.1) is 0 Å². The van der Waals surface area contributed by atoms with Crippen molar-refractivity contribution in [2.75, 3.05) is 0 Å². The molecule has 0 aliphatic heterocycles. The Morgan fingerprint density at radius 3 is 2.16 bits per heavy atom. The van der Waals surface area contributed by atoms with Crippen molar-refractivity contribution in [3.63, 3.8) is 0 Å². The van der Waals surface area contributed by atoms with E-state index in [9.17, 15) is 4.79 Å². The van der Waals surface area contributed by atoms with Crippen LogP contribution in [0.3, 0.4) is 0 Å². The quantitative estimate of drug-likeness (QED) is 0.350. The molecule has 0 saturated heterocycles. The van der Waals surface area contributed by atoms with E-state index >= 15 is 0 Å². The minimum atomic E-state index is -0.679. The Morgan fingerprint density at radius 2 is 1.58 bits per heavy atom. The minimum Gasteiger partial charge on any atom is -0.481 e. The molecule has 0 aromatic carbocycles. The monoisotopic (exact) mass is 268 g/mol. The van der Waals surface area contributed by atoms with Gasteiger partial charge in [0, 0.05) is 6.42 Å². The fraction of sp³-hybridized carbons (Fsp3) is 0.824. The molecule has 0 saturated carbocycles. The Labute approximate surface area is 119 Å². The first-order chi connectivity index (χ1) is 9.16. The SMILES string of the molecule is CCC(C)CCCCCCC=CCCCCC(=O)O. The van der Waals surface area contributed by atoms with Crippen LogP contribution < -0.4 is 0 Å². The van der Waals surface area contributed by atoms with Gasteiger partial charge in [-0.2, -0.15) is 0 Å². The third kappa shape index (κ3) is 15.2. The molecule has 2 heteroatoms. The summed E-state index contributed by atoms with van der Waals surface area (Å²) in [6.07, 6.45) is 16.9. The summed E-state index contributed by atoms with van der Waals surface area (Å²) >= 11 is 0. The largest absolute Gasteiger partial charge is 0.481 e. The second kappa shape index (κ2) is 13.6. The summed E-state index contributed by atoms with van der Waals surface area (Å²) in [5, 5.41) is 8.49. The zero-order valence-corrected chi connectivity index (χ0v) is 12.9. The van der Waals surface area contributed by atoms with Crippen LogP contribution in [-0.4, -0.2) is 11.1 Å². The second-order valence-corrected chi connectivity index (χ2v) is 5.62. The van der Waals surface area contributed by atoms with Crippen molar-refractivity contribution in [2.24, 2.45) is 5.92 Å². The number of carbonyl (C=O) groups is 1. The van der Waals surface area contributed by atoms with Crippen LogP contribution in [0.2, 0.25) is 0 Å². The minimum absolute atomic E-state index is 0.310. The van der Waals surface area contributed by atoms with E-state index < -0.39 is 5.97 Å². The Balaban J connectivity index is 3.15. The highest BCUT2D eigenvalue weighted by Crippen LogP contribution is 2.13. The lowest BCUT2D eigenvalue weighted by molar-refractivity contribution is -0.137. The van der Waals surface area contributed by atoms with Crippen molar-refractivity contribution in [3.8, 4) is 0 Å². The molecule has 0 fully saturated rings. The van der Waals surface area contributed by atoms with E-state index in [-0.39, 0.29) is 0 Å². The van der Waals surface area contributed by atoms with E-state index in [1.165, 1.54) is 44.9 Å². The molecule has 0 rings (SSSR count). The number of hydrogen-bond donors (Lipinski definition) is 1. The van der Waals surface area contributed by atoms with Crippen molar-refractivity contribution in [2.45, 2.75) is 84.5 Å². The summed E-state index contributed by atoms with van der Waals surface area (Å²) in [6.45, 7) is 4.61. The van der Waals surface area contributed by atoms with Crippen LogP contribution in [0.15, 0.2) is 12.2 Å². The average molecular weight is 268 g/mol. The number of unbranched alkanes of at least 4 members (excludes halogenated alkanes) is 6. The van der Waals surface area contributed by atoms with Crippen LogP contribution in [0, 0.1) is 5.92 Å². The summed E-state index contributed by atoms with van der Waals surface area (Å²) in [4.78, 5) is 10.3. The van der Waals surface area contributed by atoms with Crippen molar-refractivity contribution in [1.29, 1.82) is 0 Å². The molecule has 0 radical (unpaired) electrons. The second-order valence-electron chi connectivity index (χ2n) is 5.62. The van der Waals surface area contributed by atoms with Crippen molar-refractivity contribution in [1.82, 2.24) is 0 Å². The molecular weight excluding hydrogens is 236 g/mol. The van der Waals surface area contributed by atoms with E-state index in [0.29, 0.717) is 6.42 Å². The zero-order chi connectivity index (χ0) is 14.3. The Morgan fingerprint density at radius 1 is 1.00 bits per heavy atom. The molecule has 1 unspecified atom stereocenters. The predicted octanol–water partition coefficient (Wildman–Crippen LogP) is 5.57. The molecule has 1 N–H and O–H groups in total. The number of carboxylic acid groups (broad SMARTS) is 1. The molecule has 0 aliphatic rings. The summed E-state index contributed by atoms with van der Waals surface area (Å²) < 4.78 is 0. The van der Waals surface area contributed by atoms with Gasteiger partial charge in [0.25, 0.3) is 0 Å². The highest BCUT2D eigenvalue weighted by atomic mass is 16.4. The lowest BCUT2D eigenvalue weighted by atomic mass is 10.00. The first-order valence-electron chi connectivity index (χ1n) is 8.03. The lowest BCUT2D eigenvalue weighted by Gasteiger charge is -2.06. The van der Waals surface area contributed by atoms with Gasteiger partial charge < -0.3 is 5.11 Å².